The van der Waals surface area contributed by atoms with Crippen LogP contribution in [0.5, 0.6) is 0 Å². The van der Waals surface area contributed by atoms with Crippen LogP contribution in [0.4, 0.5) is 0 Å². The highest BCUT2D eigenvalue weighted by Crippen LogP contribution is 2.48. The Morgan fingerprint density at radius 3 is 1.80 bits per heavy atom. The second-order valence-corrected chi connectivity index (χ2v) is 5.95. The molecule has 0 bridgehead atoms. The Morgan fingerprint density at radius 2 is 1.33 bits per heavy atom. The van der Waals surface area contributed by atoms with Gasteiger partial charge in [0.1, 0.15) is 0 Å². The van der Waals surface area contributed by atoms with E-state index in [9.17, 15) is 0 Å². The highest BCUT2D eigenvalue weighted by molar-refractivity contribution is 4.86. The molecule has 0 amide bonds. The molecule has 0 unspecified atom stereocenters. The van der Waals surface area contributed by atoms with Crippen LogP contribution in [0, 0.1) is 11.3 Å². The third-order valence-electron chi connectivity index (χ3n) is 4.25. The van der Waals surface area contributed by atoms with Gasteiger partial charge in [-0.1, -0.05) is 59.3 Å². The summed E-state index contributed by atoms with van der Waals surface area (Å²) in [6.07, 6.45) is 15.0. The molecular formula is C15H30. The summed E-state index contributed by atoms with van der Waals surface area (Å²) in [4.78, 5) is 0. The van der Waals surface area contributed by atoms with Crippen molar-refractivity contribution in [2.75, 3.05) is 0 Å². The normalized spacial score (nSPS) is 25.8. The molecule has 0 heteroatoms. The average Bonchev–Trinajstić information content (AvgIpc) is 2.26. The number of hydrogen-bond donors (Lipinski definition) is 0. The fourth-order valence-electron chi connectivity index (χ4n) is 3.18. The molecule has 0 nitrogen and oxygen atoms in total. The van der Waals surface area contributed by atoms with Crippen LogP contribution in [-0.4, -0.2) is 0 Å². The fraction of sp³-hybridized carbons (Fsp3) is 1.00. The first kappa shape index (κ1) is 13.1. The SMILES string of the molecule is CC1CCC2(CCCCC2)CC1.CCC. The van der Waals surface area contributed by atoms with E-state index in [2.05, 4.69) is 20.8 Å². The van der Waals surface area contributed by atoms with Gasteiger partial charge in [-0.05, 0) is 37.0 Å². The van der Waals surface area contributed by atoms with Crippen molar-refractivity contribution in [1.29, 1.82) is 0 Å². The van der Waals surface area contributed by atoms with Crippen molar-refractivity contribution in [3.8, 4) is 0 Å². The Hall–Kier alpha value is 0. The van der Waals surface area contributed by atoms with Crippen LogP contribution in [0.25, 0.3) is 0 Å². The van der Waals surface area contributed by atoms with Gasteiger partial charge < -0.3 is 0 Å². The van der Waals surface area contributed by atoms with Crippen molar-refractivity contribution in [3.63, 3.8) is 0 Å². The van der Waals surface area contributed by atoms with E-state index in [4.69, 9.17) is 0 Å². The monoisotopic (exact) mass is 210 g/mol. The molecule has 0 radical (unpaired) electrons. The van der Waals surface area contributed by atoms with Gasteiger partial charge in [0.2, 0.25) is 0 Å². The third kappa shape index (κ3) is 4.17. The van der Waals surface area contributed by atoms with Crippen molar-refractivity contribution < 1.29 is 0 Å². The van der Waals surface area contributed by atoms with Crippen LogP contribution in [0.15, 0.2) is 0 Å². The third-order valence-corrected chi connectivity index (χ3v) is 4.25. The zero-order valence-electron chi connectivity index (χ0n) is 11.1. The van der Waals surface area contributed by atoms with Crippen LogP contribution in [0.1, 0.15) is 85.0 Å². The quantitative estimate of drug-likeness (QED) is 0.491. The van der Waals surface area contributed by atoms with Crippen molar-refractivity contribution in [2.45, 2.75) is 85.0 Å². The Morgan fingerprint density at radius 1 is 0.867 bits per heavy atom. The van der Waals surface area contributed by atoms with Crippen LogP contribution in [0.2, 0.25) is 0 Å². The van der Waals surface area contributed by atoms with E-state index in [1.54, 1.807) is 25.7 Å². The zero-order valence-corrected chi connectivity index (χ0v) is 11.1. The molecule has 0 aromatic rings. The van der Waals surface area contributed by atoms with Crippen LogP contribution >= 0.6 is 0 Å². The van der Waals surface area contributed by atoms with Gasteiger partial charge in [0, 0.05) is 0 Å². The molecule has 0 aliphatic heterocycles. The minimum Gasteiger partial charge on any atom is -0.0656 e. The zero-order chi connectivity index (χ0) is 11.1. The van der Waals surface area contributed by atoms with E-state index >= 15 is 0 Å². The maximum Gasteiger partial charge on any atom is -0.0297 e. The summed E-state index contributed by atoms with van der Waals surface area (Å²) < 4.78 is 0. The lowest BCUT2D eigenvalue weighted by Gasteiger charge is -2.42. The lowest BCUT2D eigenvalue weighted by molar-refractivity contribution is 0.102. The van der Waals surface area contributed by atoms with Gasteiger partial charge in [-0.15, -0.1) is 0 Å². The van der Waals surface area contributed by atoms with Gasteiger partial charge in [-0.2, -0.15) is 0 Å². The highest BCUT2D eigenvalue weighted by atomic mass is 14.4. The van der Waals surface area contributed by atoms with Gasteiger partial charge in [-0.25, -0.2) is 0 Å². The molecule has 0 N–H and O–H groups in total. The summed E-state index contributed by atoms with van der Waals surface area (Å²) in [5, 5.41) is 0. The first-order chi connectivity index (χ1) is 7.22. The van der Waals surface area contributed by atoms with Gasteiger partial charge in [0.05, 0.1) is 0 Å². The molecule has 90 valence electrons. The summed E-state index contributed by atoms with van der Waals surface area (Å²) in [6, 6.07) is 0. The summed E-state index contributed by atoms with van der Waals surface area (Å²) in [5.74, 6) is 1.03. The molecule has 2 saturated carbocycles. The second-order valence-electron chi connectivity index (χ2n) is 5.95. The van der Waals surface area contributed by atoms with Crippen molar-refractivity contribution in [3.05, 3.63) is 0 Å². The summed E-state index contributed by atoms with van der Waals surface area (Å²) >= 11 is 0. The second kappa shape index (κ2) is 6.55. The number of rotatable bonds is 0. The number of hydrogen-bond acceptors (Lipinski definition) is 0. The maximum atomic E-state index is 2.43. The van der Waals surface area contributed by atoms with E-state index < -0.39 is 0 Å². The molecular weight excluding hydrogens is 180 g/mol. The molecule has 0 heterocycles. The van der Waals surface area contributed by atoms with Crippen LogP contribution < -0.4 is 0 Å². The molecule has 2 aliphatic carbocycles. The molecule has 0 atom stereocenters. The molecule has 15 heavy (non-hydrogen) atoms. The van der Waals surface area contributed by atoms with Crippen molar-refractivity contribution in [1.82, 2.24) is 0 Å². The Bertz CT molecular complexity index is 143. The maximum absolute atomic E-state index is 2.43. The minimum absolute atomic E-state index is 0.838. The summed E-state index contributed by atoms with van der Waals surface area (Å²) in [7, 11) is 0. The average molecular weight is 210 g/mol. The lowest BCUT2D eigenvalue weighted by atomic mass is 9.63. The van der Waals surface area contributed by atoms with Crippen molar-refractivity contribution >= 4 is 0 Å². The molecule has 2 aliphatic rings. The van der Waals surface area contributed by atoms with Crippen LogP contribution in [0.3, 0.4) is 0 Å². The molecule has 0 saturated heterocycles. The lowest BCUT2D eigenvalue weighted by Crippen LogP contribution is -2.28. The predicted molar refractivity (Wildman–Crippen MR) is 69.1 cm³/mol. The first-order valence-electron chi connectivity index (χ1n) is 7.22. The smallest absolute Gasteiger partial charge is 0.0297 e. The van der Waals surface area contributed by atoms with Gasteiger partial charge in [0.15, 0.2) is 0 Å². The Kier molecular flexibility index (Phi) is 5.71. The van der Waals surface area contributed by atoms with E-state index in [1.807, 2.05) is 0 Å². The standard InChI is InChI=1S/C12H22.C3H8/c1-11-5-9-12(10-6-11)7-3-2-4-8-12;1-3-2/h11H,2-10H2,1H3;3H2,1-2H3. The van der Waals surface area contributed by atoms with Gasteiger partial charge in [-0.3, -0.25) is 0 Å². The largest absolute Gasteiger partial charge is 0.0656 e. The summed E-state index contributed by atoms with van der Waals surface area (Å²) in [5.41, 5.74) is 0.838. The molecule has 1 spiro atoms. The van der Waals surface area contributed by atoms with E-state index in [0.717, 1.165) is 11.3 Å². The fourth-order valence-corrected chi connectivity index (χ4v) is 3.18. The first-order valence-corrected chi connectivity index (χ1v) is 7.22. The predicted octanol–water partition coefficient (Wildman–Crippen LogP) is 5.56. The molecule has 2 fully saturated rings. The highest BCUT2D eigenvalue weighted by Gasteiger charge is 2.34. The Labute approximate surface area is 96.8 Å². The Balaban J connectivity index is 0.000000337. The van der Waals surface area contributed by atoms with Gasteiger partial charge >= 0.3 is 0 Å². The molecule has 2 rings (SSSR count). The van der Waals surface area contributed by atoms with E-state index in [-0.39, 0.29) is 0 Å². The van der Waals surface area contributed by atoms with Crippen LogP contribution in [-0.2, 0) is 0 Å². The molecule has 0 aromatic carbocycles. The summed E-state index contributed by atoms with van der Waals surface area (Å²) in [6.45, 7) is 6.68. The molecule has 0 aromatic heterocycles. The van der Waals surface area contributed by atoms with E-state index in [0.29, 0.717) is 0 Å². The van der Waals surface area contributed by atoms with Crippen molar-refractivity contribution in [2.24, 2.45) is 11.3 Å². The minimum atomic E-state index is 0.838. The topological polar surface area (TPSA) is 0 Å². The van der Waals surface area contributed by atoms with E-state index in [1.165, 1.54) is 38.5 Å². The van der Waals surface area contributed by atoms with Gasteiger partial charge in [0.25, 0.3) is 0 Å².